The molecular formula is C15H18O5. The Balaban J connectivity index is 1.91. The lowest BCUT2D eigenvalue weighted by atomic mass is 9.81. The molecule has 2 aliphatic heterocycles. The lowest BCUT2D eigenvalue weighted by Gasteiger charge is -2.31. The van der Waals surface area contributed by atoms with Crippen LogP contribution in [0.3, 0.4) is 0 Å². The molecule has 5 nitrogen and oxygen atoms in total. The minimum atomic E-state index is -1.95. The van der Waals surface area contributed by atoms with Gasteiger partial charge in [0.1, 0.15) is 11.2 Å². The van der Waals surface area contributed by atoms with Crippen molar-refractivity contribution in [3.05, 3.63) is 23.3 Å². The standard InChI is InChI=1S/C15H18O5/c1-7-4-5-14-9(7)6-10-8(2)11(16)19-15(10,18)12(17)13(14,3)20-14/h9,12,17-18H,1,4-6H2,2-3H3. The molecule has 0 aromatic heterocycles. The zero-order valence-electron chi connectivity index (χ0n) is 11.6. The number of epoxide rings is 1. The first-order chi connectivity index (χ1) is 9.26. The Bertz CT molecular complexity index is 593. The van der Waals surface area contributed by atoms with Gasteiger partial charge in [-0.2, -0.15) is 0 Å². The van der Waals surface area contributed by atoms with Gasteiger partial charge in [0, 0.05) is 17.1 Å². The van der Waals surface area contributed by atoms with E-state index >= 15 is 0 Å². The largest absolute Gasteiger partial charge is 0.423 e. The van der Waals surface area contributed by atoms with Gasteiger partial charge in [0.15, 0.2) is 6.10 Å². The number of esters is 1. The van der Waals surface area contributed by atoms with E-state index in [1.54, 1.807) is 13.8 Å². The van der Waals surface area contributed by atoms with Gasteiger partial charge in [-0.05, 0) is 33.1 Å². The van der Waals surface area contributed by atoms with Crippen LogP contribution >= 0.6 is 0 Å². The first-order valence-corrected chi connectivity index (χ1v) is 6.98. The van der Waals surface area contributed by atoms with E-state index in [0.29, 0.717) is 17.6 Å². The summed E-state index contributed by atoms with van der Waals surface area (Å²) in [5.74, 6) is -2.50. The Labute approximate surface area is 116 Å². The van der Waals surface area contributed by atoms with Crippen molar-refractivity contribution in [2.24, 2.45) is 5.92 Å². The highest BCUT2D eigenvalue weighted by atomic mass is 16.7. The molecule has 4 aliphatic rings. The topological polar surface area (TPSA) is 79.3 Å². The molecule has 0 radical (unpaired) electrons. The number of hydrogen-bond donors (Lipinski definition) is 2. The Morgan fingerprint density at radius 1 is 1.45 bits per heavy atom. The lowest BCUT2D eigenvalue weighted by Crippen LogP contribution is -2.52. The molecule has 108 valence electrons. The average molecular weight is 278 g/mol. The zero-order valence-corrected chi connectivity index (χ0v) is 11.6. The summed E-state index contributed by atoms with van der Waals surface area (Å²) in [5, 5.41) is 21.4. The molecule has 2 saturated carbocycles. The van der Waals surface area contributed by atoms with E-state index in [4.69, 9.17) is 9.47 Å². The Morgan fingerprint density at radius 2 is 2.15 bits per heavy atom. The van der Waals surface area contributed by atoms with Gasteiger partial charge in [-0.25, -0.2) is 4.79 Å². The maximum atomic E-state index is 11.8. The maximum absolute atomic E-state index is 11.8. The molecule has 5 unspecified atom stereocenters. The van der Waals surface area contributed by atoms with Crippen LogP contribution in [-0.2, 0) is 14.3 Å². The molecular weight excluding hydrogens is 260 g/mol. The predicted octanol–water partition coefficient (Wildman–Crippen LogP) is 0.807. The molecule has 0 bridgehead atoms. The third-order valence-electron chi connectivity index (χ3n) is 5.81. The Kier molecular flexibility index (Phi) is 2.00. The van der Waals surface area contributed by atoms with Gasteiger partial charge in [0.05, 0.1) is 0 Å². The number of rotatable bonds is 0. The summed E-state index contributed by atoms with van der Waals surface area (Å²) < 4.78 is 11.0. The van der Waals surface area contributed by atoms with Crippen LogP contribution in [0.5, 0.6) is 0 Å². The summed E-state index contributed by atoms with van der Waals surface area (Å²) in [5.41, 5.74) is 0.581. The van der Waals surface area contributed by atoms with E-state index in [0.717, 1.165) is 18.4 Å². The van der Waals surface area contributed by atoms with E-state index in [1.807, 2.05) is 0 Å². The van der Waals surface area contributed by atoms with E-state index in [2.05, 4.69) is 6.58 Å². The van der Waals surface area contributed by atoms with Gasteiger partial charge in [0.25, 0.3) is 5.79 Å². The molecule has 2 N–H and O–H groups in total. The fourth-order valence-electron chi connectivity index (χ4n) is 4.46. The highest BCUT2D eigenvalue weighted by molar-refractivity contribution is 5.92. The second-order valence-corrected chi connectivity index (χ2v) is 6.61. The average Bonchev–Trinajstić information content (AvgIpc) is 2.80. The highest BCUT2D eigenvalue weighted by Gasteiger charge is 2.81. The minimum Gasteiger partial charge on any atom is -0.423 e. The number of hydrogen-bond acceptors (Lipinski definition) is 5. The van der Waals surface area contributed by atoms with E-state index in [1.165, 1.54) is 0 Å². The predicted molar refractivity (Wildman–Crippen MR) is 68.5 cm³/mol. The van der Waals surface area contributed by atoms with Gasteiger partial charge in [0.2, 0.25) is 0 Å². The number of aliphatic hydroxyl groups excluding tert-OH is 1. The summed E-state index contributed by atoms with van der Waals surface area (Å²) in [4.78, 5) is 11.8. The minimum absolute atomic E-state index is 0.0237. The third-order valence-corrected chi connectivity index (χ3v) is 5.81. The summed E-state index contributed by atoms with van der Waals surface area (Å²) >= 11 is 0. The van der Waals surface area contributed by atoms with Gasteiger partial charge in [-0.1, -0.05) is 12.2 Å². The first kappa shape index (κ1) is 12.6. The van der Waals surface area contributed by atoms with Crippen LogP contribution in [0.4, 0.5) is 0 Å². The molecule has 3 fully saturated rings. The summed E-state index contributed by atoms with van der Waals surface area (Å²) in [6.45, 7) is 7.51. The van der Waals surface area contributed by atoms with Gasteiger partial charge in [-0.3, -0.25) is 0 Å². The van der Waals surface area contributed by atoms with E-state index in [-0.39, 0.29) is 5.92 Å². The zero-order chi connectivity index (χ0) is 14.5. The molecule has 5 heteroatoms. The van der Waals surface area contributed by atoms with Crippen molar-refractivity contribution in [1.29, 1.82) is 0 Å². The van der Waals surface area contributed by atoms with Crippen LogP contribution in [0.2, 0.25) is 0 Å². The van der Waals surface area contributed by atoms with Crippen LogP contribution in [0.25, 0.3) is 0 Å². The SMILES string of the molecule is C=C1CCC23OC2(C)C(O)C2(O)OC(=O)C(C)=C2CC13. The maximum Gasteiger partial charge on any atom is 0.336 e. The number of fused-ring (bicyclic) bond motifs is 1. The number of aliphatic hydroxyl groups is 2. The van der Waals surface area contributed by atoms with E-state index in [9.17, 15) is 15.0 Å². The molecule has 2 aliphatic carbocycles. The van der Waals surface area contributed by atoms with Gasteiger partial charge >= 0.3 is 5.97 Å². The molecule has 20 heavy (non-hydrogen) atoms. The van der Waals surface area contributed by atoms with Gasteiger partial charge < -0.3 is 19.7 Å². The summed E-state index contributed by atoms with van der Waals surface area (Å²) in [6.07, 6.45) is 0.828. The van der Waals surface area contributed by atoms with Crippen molar-refractivity contribution in [2.75, 3.05) is 0 Å². The lowest BCUT2D eigenvalue weighted by molar-refractivity contribution is -0.227. The second-order valence-electron chi connectivity index (χ2n) is 6.61. The monoisotopic (exact) mass is 278 g/mol. The molecule has 5 atom stereocenters. The quantitative estimate of drug-likeness (QED) is 0.389. The number of carbonyl (C=O) groups excluding carboxylic acids is 1. The van der Waals surface area contributed by atoms with Crippen LogP contribution < -0.4 is 0 Å². The normalized spacial score (nSPS) is 53.2. The van der Waals surface area contributed by atoms with Crippen molar-refractivity contribution < 1.29 is 24.5 Å². The number of carbonyl (C=O) groups is 1. The summed E-state index contributed by atoms with van der Waals surface area (Å²) in [7, 11) is 0. The highest BCUT2D eigenvalue weighted by Crippen LogP contribution is 2.69. The van der Waals surface area contributed by atoms with Crippen LogP contribution in [0.15, 0.2) is 23.3 Å². The first-order valence-electron chi connectivity index (χ1n) is 6.98. The number of ether oxygens (including phenoxy) is 2. The van der Waals surface area contributed by atoms with Crippen LogP contribution in [0, 0.1) is 5.92 Å². The molecule has 0 aromatic rings. The fourth-order valence-corrected chi connectivity index (χ4v) is 4.46. The van der Waals surface area contributed by atoms with E-state index < -0.39 is 29.1 Å². The molecule has 4 rings (SSSR count). The Morgan fingerprint density at radius 3 is 2.85 bits per heavy atom. The second kappa shape index (κ2) is 3.18. The van der Waals surface area contributed by atoms with Crippen molar-refractivity contribution in [3.63, 3.8) is 0 Å². The fraction of sp³-hybridized carbons (Fsp3) is 0.667. The molecule has 1 spiro atoms. The Hall–Kier alpha value is -1.17. The molecule has 2 heterocycles. The molecule has 0 amide bonds. The molecule has 1 saturated heterocycles. The van der Waals surface area contributed by atoms with Crippen LogP contribution in [0.1, 0.15) is 33.1 Å². The molecule has 0 aromatic carbocycles. The van der Waals surface area contributed by atoms with Crippen molar-refractivity contribution in [3.8, 4) is 0 Å². The van der Waals surface area contributed by atoms with Crippen LogP contribution in [-0.4, -0.2) is 39.3 Å². The van der Waals surface area contributed by atoms with Gasteiger partial charge in [-0.15, -0.1) is 0 Å². The smallest absolute Gasteiger partial charge is 0.336 e. The third kappa shape index (κ3) is 1.07. The van der Waals surface area contributed by atoms with Crippen molar-refractivity contribution in [1.82, 2.24) is 0 Å². The van der Waals surface area contributed by atoms with Crippen molar-refractivity contribution >= 4 is 5.97 Å². The van der Waals surface area contributed by atoms with Crippen molar-refractivity contribution in [2.45, 2.75) is 56.2 Å². The summed E-state index contributed by atoms with van der Waals surface area (Å²) in [6, 6.07) is 0.